The molecule has 1 fully saturated rings. The van der Waals surface area contributed by atoms with E-state index in [9.17, 15) is 4.79 Å². The standard InChI is InChI=1S/C11H18N4O2.2ClH/c1-14(6-7-15-5-2-3-13-15)11(16)10-9-12-4-8-17-10;;/h2-3,5,10,12H,4,6-9H2,1H3;2*1H. The van der Waals surface area contributed by atoms with Crippen molar-refractivity contribution in [2.45, 2.75) is 12.6 Å². The highest BCUT2D eigenvalue weighted by molar-refractivity contribution is 5.85. The van der Waals surface area contributed by atoms with E-state index in [0.717, 1.165) is 6.54 Å². The second kappa shape index (κ2) is 9.14. The van der Waals surface area contributed by atoms with Crippen LogP contribution in [-0.2, 0) is 16.1 Å². The summed E-state index contributed by atoms with van der Waals surface area (Å²) in [7, 11) is 1.80. The molecular formula is C11H20Cl2N4O2. The summed E-state index contributed by atoms with van der Waals surface area (Å²) in [4.78, 5) is 13.7. The number of rotatable bonds is 4. The Balaban J connectivity index is 0.00000162. The number of likely N-dealkylation sites (N-methyl/N-ethyl adjacent to an activating group) is 1. The van der Waals surface area contributed by atoms with Crippen LogP contribution in [0.2, 0.25) is 0 Å². The molecule has 1 aromatic rings. The minimum absolute atomic E-state index is 0. The topological polar surface area (TPSA) is 59.4 Å². The molecule has 0 aliphatic carbocycles. The van der Waals surface area contributed by atoms with Gasteiger partial charge in [0.15, 0.2) is 0 Å². The zero-order valence-electron chi connectivity index (χ0n) is 10.8. The quantitative estimate of drug-likeness (QED) is 0.861. The van der Waals surface area contributed by atoms with Gasteiger partial charge in [0.1, 0.15) is 6.10 Å². The Morgan fingerprint density at radius 3 is 2.95 bits per heavy atom. The number of hydrogen-bond donors (Lipinski definition) is 1. The van der Waals surface area contributed by atoms with Crippen molar-refractivity contribution in [3.05, 3.63) is 18.5 Å². The highest BCUT2D eigenvalue weighted by Crippen LogP contribution is 2.01. The molecule has 1 atom stereocenters. The zero-order chi connectivity index (χ0) is 12.1. The van der Waals surface area contributed by atoms with Gasteiger partial charge >= 0.3 is 0 Å². The lowest BCUT2D eigenvalue weighted by molar-refractivity contribution is -0.143. The van der Waals surface area contributed by atoms with Crippen molar-refractivity contribution in [3.8, 4) is 0 Å². The number of hydrogen-bond acceptors (Lipinski definition) is 4. The van der Waals surface area contributed by atoms with Crippen molar-refractivity contribution in [3.63, 3.8) is 0 Å². The van der Waals surface area contributed by atoms with Gasteiger partial charge < -0.3 is 15.0 Å². The first-order valence-electron chi connectivity index (χ1n) is 5.82. The fourth-order valence-corrected chi connectivity index (χ4v) is 1.77. The zero-order valence-corrected chi connectivity index (χ0v) is 12.5. The van der Waals surface area contributed by atoms with E-state index in [1.165, 1.54) is 0 Å². The van der Waals surface area contributed by atoms with Crippen LogP contribution in [0.4, 0.5) is 0 Å². The molecule has 2 heterocycles. The van der Waals surface area contributed by atoms with E-state index in [-0.39, 0.29) is 36.8 Å². The average Bonchev–Trinajstić information content (AvgIpc) is 2.89. The van der Waals surface area contributed by atoms with Crippen LogP contribution < -0.4 is 5.32 Å². The fraction of sp³-hybridized carbons (Fsp3) is 0.636. The Hall–Kier alpha value is -0.820. The van der Waals surface area contributed by atoms with Gasteiger partial charge in [-0.2, -0.15) is 5.10 Å². The smallest absolute Gasteiger partial charge is 0.252 e. The summed E-state index contributed by atoms with van der Waals surface area (Å²) < 4.78 is 7.23. The molecule has 1 aliphatic heterocycles. The molecule has 1 N–H and O–H groups in total. The molecule has 8 heteroatoms. The van der Waals surface area contributed by atoms with E-state index in [1.807, 2.05) is 16.9 Å². The van der Waals surface area contributed by atoms with E-state index >= 15 is 0 Å². The van der Waals surface area contributed by atoms with Gasteiger partial charge in [0, 0.05) is 39.1 Å². The molecular weight excluding hydrogens is 291 g/mol. The third kappa shape index (κ3) is 5.36. The summed E-state index contributed by atoms with van der Waals surface area (Å²) in [5.74, 6) is 0.0318. The van der Waals surface area contributed by atoms with Crippen molar-refractivity contribution < 1.29 is 9.53 Å². The number of nitrogens with one attached hydrogen (secondary N) is 1. The lowest BCUT2D eigenvalue weighted by atomic mass is 10.2. The van der Waals surface area contributed by atoms with Gasteiger partial charge in [-0.15, -0.1) is 24.8 Å². The number of halogens is 2. The van der Waals surface area contributed by atoms with E-state index in [1.54, 1.807) is 18.1 Å². The fourth-order valence-electron chi connectivity index (χ4n) is 1.77. The van der Waals surface area contributed by atoms with Gasteiger partial charge in [0.05, 0.1) is 13.2 Å². The van der Waals surface area contributed by atoms with E-state index in [4.69, 9.17) is 4.74 Å². The second-order valence-corrected chi connectivity index (χ2v) is 4.09. The van der Waals surface area contributed by atoms with Gasteiger partial charge in [0.25, 0.3) is 5.91 Å². The predicted octanol–water partition coefficient (Wildman–Crippen LogP) is 0.173. The summed E-state index contributed by atoms with van der Waals surface area (Å²) in [5, 5.41) is 7.25. The molecule has 0 spiro atoms. The second-order valence-electron chi connectivity index (χ2n) is 4.09. The molecule has 1 saturated heterocycles. The first-order chi connectivity index (χ1) is 8.27. The molecule has 0 saturated carbocycles. The van der Waals surface area contributed by atoms with Crippen LogP contribution >= 0.6 is 24.8 Å². The van der Waals surface area contributed by atoms with E-state index in [0.29, 0.717) is 26.2 Å². The average molecular weight is 311 g/mol. The Bertz CT molecular complexity index is 356. The highest BCUT2D eigenvalue weighted by Gasteiger charge is 2.24. The Labute approximate surface area is 125 Å². The van der Waals surface area contributed by atoms with Crippen LogP contribution in [-0.4, -0.2) is 60.0 Å². The summed E-state index contributed by atoms with van der Waals surface area (Å²) in [5.41, 5.74) is 0. The van der Waals surface area contributed by atoms with E-state index < -0.39 is 0 Å². The van der Waals surface area contributed by atoms with Crippen LogP contribution in [0.25, 0.3) is 0 Å². The molecule has 6 nitrogen and oxygen atoms in total. The highest BCUT2D eigenvalue weighted by atomic mass is 35.5. The summed E-state index contributed by atoms with van der Waals surface area (Å²) in [6.45, 7) is 3.37. The van der Waals surface area contributed by atoms with Crippen molar-refractivity contribution in [1.29, 1.82) is 0 Å². The largest absolute Gasteiger partial charge is 0.366 e. The van der Waals surface area contributed by atoms with Crippen molar-refractivity contribution in [2.24, 2.45) is 0 Å². The van der Waals surface area contributed by atoms with Crippen LogP contribution in [0.3, 0.4) is 0 Å². The Kier molecular flexibility index (Phi) is 8.75. The first-order valence-corrected chi connectivity index (χ1v) is 5.82. The molecule has 1 amide bonds. The first kappa shape index (κ1) is 18.2. The minimum Gasteiger partial charge on any atom is -0.366 e. The van der Waals surface area contributed by atoms with Gasteiger partial charge in [-0.1, -0.05) is 0 Å². The van der Waals surface area contributed by atoms with Crippen molar-refractivity contribution in [1.82, 2.24) is 20.0 Å². The Morgan fingerprint density at radius 1 is 1.58 bits per heavy atom. The van der Waals surface area contributed by atoms with Crippen LogP contribution in [0.5, 0.6) is 0 Å². The van der Waals surface area contributed by atoms with Gasteiger partial charge in [0.2, 0.25) is 0 Å². The normalized spacial score (nSPS) is 18.1. The SMILES string of the molecule is CN(CCn1cccn1)C(=O)C1CNCCO1.Cl.Cl. The molecule has 1 aliphatic rings. The number of ether oxygens (including phenoxy) is 1. The van der Waals surface area contributed by atoms with Gasteiger partial charge in [-0.3, -0.25) is 9.48 Å². The van der Waals surface area contributed by atoms with E-state index in [2.05, 4.69) is 10.4 Å². The maximum Gasteiger partial charge on any atom is 0.252 e. The van der Waals surface area contributed by atoms with Crippen molar-refractivity contribution in [2.75, 3.05) is 33.3 Å². The van der Waals surface area contributed by atoms with Crippen LogP contribution in [0, 0.1) is 0 Å². The molecule has 110 valence electrons. The Morgan fingerprint density at radius 2 is 2.37 bits per heavy atom. The number of amides is 1. The lowest BCUT2D eigenvalue weighted by Gasteiger charge is -2.27. The monoisotopic (exact) mass is 310 g/mol. The number of nitrogens with zero attached hydrogens (tertiary/aromatic N) is 3. The van der Waals surface area contributed by atoms with Gasteiger partial charge in [-0.25, -0.2) is 0 Å². The third-order valence-corrected chi connectivity index (χ3v) is 2.80. The summed E-state index contributed by atoms with van der Waals surface area (Å²) in [6.07, 6.45) is 3.28. The third-order valence-electron chi connectivity index (χ3n) is 2.80. The van der Waals surface area contributed by atoms with Crippen molar-refractivity contribution >= 4 is 30.7 Å². The lowest BCUT2D eigenvalue weighted by Crippen LogP contribution is -2.48. The molecule has 19 heavy (non-hydrogen) atoms. The molecule has 1 aromatic heterocycles. The van der Waals surface area contributed by atoms with Crippen LogP contribution in [0.15, 0.2) is 18.5 Å². The maximum atomic E-state index is 12.0. The molecule has 1 unspecified atom stereocenters. The van der Waals surface area contributed by atoms with Gasteiger partial charge in [-0.05, 0) is 6.07 Å². The van der Waals surface area contributed by atoms with Crippen LogP contribution in [0.1, 0.15) is 0 Å². The number of morpholine rings is 1. The molecule has 0 bridgehead atoms. The molecule has 0 radical (unpaired) electrons. The minimum atomic E-state index is -0.341. The maximum absolute atomic E-state index is 12.0. The number of carbonyl (C=O) groups excluding carboxylic acids is 1. The number of aromatic nitrogens is 2. The molecule has 2 rings (SSSR count). The number of carbonyl (C=O) groups is 1. The summed E-state index contributed by atoms with van der Waals surface area (Å²) >= 11 is 0. The predicted molar refractivity (Wildman–Crippen MR) is 77.0 cm³/mol. The summed E-state index contributed by atoms with van der Waals surface area (Å²) in [6, 6.07) is 1.87. The molecule has 0 aromatic carbocycles.